The molecule has 0 saturated heterocycles. The van der Waals surface area contributed by atoms with E-state index in [1.54, 1.807) is 12.1 Å². The van der Waals surface area contributed by atoms with Gasteiger partial charge >= 0.3 is 0 Å². The number of nitrogens with one attached hydrogen (secondary N) is 2. The van der Waals surface area contributed by atoms with Crippen LogP contribution in [0.1, 0.15) is 25.8 Å². The molecule has 1 amide bonds. The second kappa shape index (κ2) is 8.10. The molecule has 2 rings (SSSR count). The predicted molar refractivity (Wildman–Crippen MR) is 94.9 cm³/mol. The first-order chi connectivity index (χ1) is 11.4. The molecule has 0 aliphatic rings. The molecule has 0 aliphatic carbocycles. The first-order valence-corrected chi connectivity index (χ1v) is 7.81. The van der Waals surface area contributed by atoms with Crippen molar-refractivity contribution in [2.45, 2.75) is 26.8 Å². The third kappa shape index (κ3) is 5.39. The molecule has 0 aliphatic heterocycles. The molecule has 6 heteroatoms. The number of hydrogen-bond donors (Lipinski definition) is 2. The third-order valence-electron chi connectivity index (χ3n) is 3.36. The Balaban J connectivity index is 1.98. The Morgan fingerprint density at radius 2 is 1.83 bits per heavy atom. The second-order valence-corrected chi connectivity index (χ2v) is 6.01. The molecular formula is C18H21N3O3. The molecule has 126 valence electrons. The fourth-order valence-electron chi connectivity index (χ4n) is 2.27. The molecule has 2 aromatic carbocycles. The molecule has 24 heavy (non-hydrogen) atoms. The number of carbonyl (C=O) groups excluding carboxylic acids is 1. The van der Waals surface area contributed by atoms with E-state index in [0.29, 0.717) is 18.9 Å². The summed E-state index contributed by atoms with van der Waals surface area (Å²) in [6, 6.07) is 13.9. The Morgan fingerprint density at radius 1 is 1.12 bits per heavy atom. The van der Waals surface area contributed by atoms with Crippen molar-refractivity contribution >= 4 is 23.0 Å². The van der Waals surface area contributed by atoms with Crippen molar-refractivity contribution in [3.05, 3.63) is 64.2 Å². The first-order valence-electron chi connectivity index (χ1n) is 7.81. The molecule has 0 unspecified atom stereocenters. The summed E-state index contributed by atoms with van der Waals surface area (Å²) in [7, 11) is 0. The number of anilines is 2. The zero-order valence-electron chi connectivity index (χ0n) is 13.8. The topological polar surface area (TPSA) is 84.3 Å². The Kier molecular flexibility index (Phi) is 5.89. The Bertz CT molecular complexity index is 729. The van der Waals surface area contributed by atoms with Gasteiger partial charge < -0.3 is 10.6 Å². The minimum Gasteiger partial charge on any atom is -0.381 e. The first kappa shape index (κ1) is 17.5. The van der Waals surface area contributed by atoms with Crippen LogP contribution in [0.2, 0.25) is 0 Å². The third-order valence-corrected chi connectivity index (χ3v) is 3.36. The zero-order valence-corrected chi connectivity index (χ0v) is 13.8. The molecule has 0 atom stereocenters. The minimum atomic E-state index is -0.408. The van der Waals surface area contributed by atoms with Crippen LogP contribution >= 0.6 is 0 Å². The summed E-state index contributed by atoms with van der Waals surface area (Å²) in [4.78, 5) is 22.2. The van der Waals surface area contributed by atoms with Crippen LogP contribution in [-0.4, -0.2) is 10.8 Å². The summed E-state index contributed by atoms with van der Waals surface area (Å²) in [6.45, 7) is 4.46. The average molecular weight is 327 g/mol. The van der Waals surface area contributed by atoms with E-state index in [1.165, 1.54) is 6.07 Å². The maximum Gasteiger partial charge on any atom is 0.269 e. The number of non-ortho nitro benzene ring substituents is 1. The van der Waals surface area contributed by atoms with Gasteiger partial charge in [0.15, 0.2) is 0 Å². The summed E-state index contributed by atoms with van der Waals surface area (Å²) < 4.78 is 0. The molecule has 0 aromatic heterocycles. The van der Waals surface area contributed by atoms with Gasteiger partial charge in [-0.2, -0.15) is 0 Å². The van der Waals surface area contributed by atoms with Gasteiger partial charge in [-0.3, -0.25) is 14.9 Å². The summed E-state index contributed by atoms with van der Waals surface area (Å²) in [6.07, 6.45) is 0.478. The number of nitro groups is 1. The van der Waals surface area contributed by atoms with Crippen molar-refractivity contribution in [2.24, 2.45) is 5.92 Å². The van der Waals surface area contributed by atoms with Gasteiger partial charge in [0.1, 0.15) is 0 Å². The van der Waals surface area contributed by atoms with Crippen molar-refractivity contribution in [2.75, 3.05) is 10.6 Å². The smallest absolute Gasteiger partial charge is 0.269 e. The number of rotatable bonds is 7. The lowest BCUT2D eigenvalue weighted by molar-refractivity contribution is -0.384. The normalized spacial score (nSPS) is 10.5. The van der Waals surface area contributed by atoms with E-state index < -0.39 is 4.92 Å². The molecule has 0 fully saturated rings. The van der Waals surface area contributed by atoms with Crippen LogP contribution < -0.4 is 10.6 Å². The van der Waals surface area contributed by atoms with E-state index in [2.05, 4.69) is 10.6 Å². The maximum absolute atomic E-state index is 11.8. The quantitative estimate of drug-likeness (QED) is 0.590. The van der Waals surface area contributed by atoms with Gasteiger partial charge in [-0.15, -0.1) is 0 Å². The van der Waals surface area contributed by atoms with Gasteiger partial charge in [-0.05, 0) is 29.7 Å². The lowest BCUT2D eigenvalue weighted by Crippen LogP contribution is -2.13. The molecule has 6 nitrogen and oxygen atoms in total. The van der Waals surface area contributed by atoms with Gasteiger partial charge in [0.25, 0.3) is 5.69 Å². The van der Waals surface area contributed by atoms with Crippen LogP contribution in [0.25, 0.3) is 0 Å². The molecule has 0 radical (unpaired) electrons. The van der Waals surface area contributed by atoms with E-state index in [4.69, 9.17) is 0 Å². The number of nitro benzene ring substituents is 1. The molecule has 0 saturated carbocycles. The number of benzene rings is 2. The van der Waals surface area contributed by atoms with Gasteiger partial charge in [-0.1, -0.05) is 32.0 Å². The van der Waals surface area contributed by atoms with Crippen LogP contribution in [0.5, 0.6) is 0 Å². The minimum absolute atomic E-state index is 0.0131. The van der Waals surface area contributed by atoms with Crippen molar-refractivity contribution < 1.29 is 9.72 Å². The van der Waals surface area contributed by atoms with Gasteiger partial charge in [-0.25, -0.2) is 0 Å². The number of carbonyl (C=O) groups is 1. The van der Waals surface area contributed by atoms with E-state index >= 15 is 0 Å². The highest BCUT2D eigenvalue weighted by molar-refractivity contribution is 5.91. The summed E-state index contributed by atoms with van der Waals surface area (Å²) in [5.41, 5.74) is 2.45. The van der Waals surface area contributed by atoms with Gasteiger partial charge in [0.2, 0.25) is 5.91 Å². The fourth-order valence-corrected chi connectivity index (χ4v) is 2.27. The monoisotopic (exact) mass is 327 g/mol. The average Bonchev–Trinajstić information content (AvgIpc) is 2.52. The van der Waals surface area contributed by atoms with E-state index in [1.807, 2.05) is 44.2 Å². The van der Waals surface area contributed by atoms with Crippen molar-refractivity contribution in [3.63, 3.8) is 0 Å². The largest absolute Gasteiger partial charge is 0.381 e. The Morgan fingerprint density at radius 3 is 2.54 bits per heavy atom. The fraction of sp³-hybridized carbons (Fsp3) is 0.278. The van der Waals surface area contributed by atoms with Crippen LogP contribution in [0.4, 0.5) is 17.1 Å². The lowest BCUT2D eigenvalue weighted by atomic mass is 10.1. The molecule has 0 spiro atoms. The van der Waals surface area contributed by atoms with E-state index in [9.17, 15) is 14.9 Å². The zero-order chi connectivity index (χ0) is 17.5. The lowest BCUT2D eigenvalue weighted by Gasteiger charge is -2.10. The number of hydrogen-bond acceptors (Lipinski definition) is 4. The molecule has 2 aromatic rings. The molecule has 0 bridgehead atoms. The Hall–Kier alpha value is -2.89. The maximum atomic E-state index is 11.8. The predicted octanol–water partition coefficient (Wildman–Crippen LogP) is 4.19. The highest BCUT2D eigenvalue weighted by Crippen LogP contribution is 2.18. The highest BCUT2D eigenvalue weighted by atomic mass is 16.6. The SMILES string of the molecule is CC(C)CC(=O)Nc1cccc(NCc2cccc([N+](=O)[O-])c2)c1. The standard InChI is InChI=1S/C18H21N3O3/c1-13(2)9-18(22)20-16-7-4-6-15(11-16)19-12-14-5-3-8-17(10-14)21(23)24/h3-8,10-11,13,19H,9,12H2,1-2H3,(H,20,22). The highest BCUT2D eigenvalue weighted by Gasteiger charge is 2.07. The molecule has 0 heterocycles. The molecular weight excluding hydrogens is 306 g/mol. The number of nitrogens with zero attached hydrogens (tertiary/aromatic N) is 1. The van der Waals surface area contributed by atoms with Crippen molar-refractivity contribution in [3.8, 4) is 0 Å². The second-order valence-electron chi connectivity index (χ2n) is 6.01. The summed E-state index contributed by atoms with van der Waals surface area (Å²) in [5, 5.41) is 16.9. The Labute approximate surface area is 141 Å². The van der Waals surface area contributed by atoms with Crippen molar-refractivity contribution in [1.29, 1.82) is 0 Å². The van der Waals surface area contributed by atoms with Crippen LogP contribution in [0, 0.1) is 16.0 Å². The van der Waals surface area contributed by atoms with Gasteiger partial charge in [0, 0.05) is 36.5 Å². The summed E-state index contributed by atoms with van der Waals surface area (Å²) >= 11 is 0. The van der Waals surface area contributed by atoms with E-state index in [-0.39, 0.29) is 11.6 Å². The van der Waals surface area contributed by atoms with Crippen LogP contribution in [0.15, 0.2) is 48.5 Å². The van der Waals surface area contributed by atoms with Crippen molar-refractivity contribution in [1.82, 2.24) is 0 Å². The summed E-state index contributed by atoms with van der Waals surface area (Å²) in [5.74, 6) is 0.293. The van der Waals surface area contributed by atoms with Gasteiger partial charge in [0.05, 0.1) is 4.92 Å². The van der Waals surface area contributed by atoms with Crippen LogP contribution in [0.3, 0.4) is 0 Å². The number of amides is 1. The van der Waals surface area contributed by atoms with E-state index in [0.717, 1.165) is 16.9 Å². The van der Waals surface area contributed by atoms with Crippen LogP contribution in [-0.2, 0) is 11.3 Å². The molecule has 2 N–H and O–H groups in total.